The summed E-state index contributed by atoms with van der Waals surface area (Å²) in [5.74, 6) is -0.258. The lowest BCUT2D eigenvalue weighted by atomic mass is 10.0. The predicted octanol–water partition coefficient (Wildman–Crippen LogP) is 2.77. The van der Waals surface area contributed by atoms with E-state index in [-0.39, 0.29) is 17.6 Å². The van der Waals surface area contributed by atoms with Crippen LogP contribution in [0.4, 0.5) is 10.1 Å². The lowest BCUT2D eigenvalue weighted by Gasteiger charge is -2.13. The number of Topliss-reactive ketones (excluding diaryl/α,β-unsaturated/α-hetero) is 1. The third-order valence-corrected chi connectivity index (χ3v) is 3.11. The van der Waals surface area contributed by atoms with Crippen molar-refractivity contribution in [1.29, 1.82) is 0 Å². The second kappa shape index (κ2) is 6.30. The molecule has 2 rings (SSSR count). The minimum absolute atomic E-state index is 0.00658. The molecule has 0 aliphatic carbocycles. The Kier molecular flexibility index (Phi) is 4.48. The molecule has 20 heavy (non-hydrogen) atoms. The summed E-state index contributed by atoms with van der Waals surface area (Å²) in [5, 5.41) is 3.13. The fourth-order valence-electron chi connectivity index (χ4n) is 1.86. The maximum Gasteiger partial charge on any atom is 0.179 e. The van der Waals surface area contributed by atoms with Gasteiger partial charge in [0.2, 0.25) is 0 Å². The van der Waals surface area contributed by atoms with E-state index >= 15 is 0 Å². The number of halogens is 1. The molecule has 4 heteroatoms. The molecule has 0 aliphatic rings. The van der Waals surface area contributed by atoms with Gasteiger partial charge in [0.1, 0.15) is 5.82 Å². The van der Waals surface area contributed by atoms with Gasteiger partial charge in [0, 0.05) is 17.8 Å². The van der Waals surface area contributed by atoms with E-state index in [9.17, 15) is 9.18 Å². The molecule has 0 heterocycles. The van der Waals surface area contributed by atoms with Crippen molar-refractivity contribution in [2.24, 2.45) is 0 Å². The number of ketones is 1. The smallest absolute Gasteiger partial charge is 0.179 e. The number of nitrogens with two attached hydrogens (primary N) is 1. The molecule has 1 unspecified atom stereocenters. The summed E-state index contributed by atoms with van der Waals surface area (Å²) in [7, 11) is 0. The zero-order valence-electron chi connectivity index (χ0n) is 11.3. The molecule has 2 aromatic rings. The molecule has 2 aromatic carbocycles. The van der Waals surface area contributed by atoms with Gasteiger partial charge < -0.3 is 11.1 Å². The van der Waals surface area contributed by atoms with Crippen molar-refractivity contribution in [3.63, 3.8) is 0 Å². The average Bonchev–Trinajstić information content (AvgIpc) is 2.46. The highest BCUT2D eigenvalue weighted by atomic mass is 19.1. The van der Waals surface area contributed by atoms with Gasteiger partial charge in [-0.1, -0.05) is 12.1 Å². The summed E-state index contributed by atoms with van der Waals surface area (Å²) in [6.45, 7) is 2.32. The van der Waals surface area contributed by atoms with E-state index < -0.39 is 0 Å². The van der Waals surface area contributed by atoms with Gasteiger partial charge in [-0.3, -0.25) is 4.79 Å². The maximum absolute atomic E-state index is 12.8. The first-order chi connectivity index (χ1) is 9.56. The highest BCUT2D eigenvalue weighted by Crippen LogP contribution is 2.09. The number of nitrogen functional groups attached to an aromatic ring is 1. The maximum atomic E-state index is 12.8. The molecule has 0 spiro atoms. The van der Waals surface area contributed by atoms with Crippen LogP contribution >= 0.6 is 0 Å². The van der Waals surface area contributed by atoms with E-state index in [1.807, 2.05) is 6.92 Å². The number of carbonyl (C=O) groups is 1. The molecule has 0 saturated heterocycles. The van der Waals surface area contributed by atoms with Gasteiger partial charge in [-0.05, 0) is 48.9 Å². The topological polar surface area (TPSA) is 55.1 Å². The molecule has 0 saturated carbocycles. The van der Waals surface area contributed by atoms with E-state index in [4.69, 9.17) is 5.73 Å². The Morgan fingerprint density at radius 1 is 1.15 bits per heavy atom. The minimum atomic E-state index is -0.316. The van der Waals surface area contributed by atoms with E-state index in [2.05, 4.69) is 5.32 Å². The van der Waals surface area contributed by atoms with Crippen molar-refractivity contribution in [3.05, 3.63) is 65.5 Å². The number of carbonyl (C=O) groups excluding carboxylic acids is 1. The number of benzene rings is 2. The van der Waals surface area contributed by atoms with Crippen molar-refractivity contribution >= 4 is 11.5 Å². The molecule has 3 N–H and O–H groups in total. The summed E-state index contributed by atoms with van der Waals surface area (Å²) in [4.78, 5) is 12.2. The number of hydrogen-bond donors (Lipinski definition) is 2. The van der Waals surface area contributed by atoms with Crippen molar-refractivity contribution in [1.82, 2.24) is 5.32 Å². The van der Waals surface area contributed by atoms with E-state index in [1.54, 1.807) is 36.4 Å². The molecule has 0 amide bonds. The first-order valence-corrected chi connectivity index (χ1v) is 6.44. The molecule has 1 atom stereocenters. The normalized spacial score (nSPS) is 12.1. The van der Waals surface area contributed by atoms with Crippen LogP contribution in [0.3, 0.4) is 0 Å². The summed E-state index contributed by atoms with van der Waals surface area (Å²) < 4.78 is 12.8. The highest BCUT2D eigenvalue weighted by molar-refractivity contribution is 6.00. The third kappa shape index (κ3) is 3.65. The fraction of sp³-hybridized carbons (Fsp3) is 0.188. The second-order valence-corrected chi connectivity index (χ2v) is 4.72. The number of nitrogens with one attached hydrogen (secondary N) is 1. The van der Waals surface area contributed by atoms with Crippen LogP contribution in [0.5, 0.6) is 0 Å². The number of anilines is 1. The first-order valence-electron chi connectivity index (χ1n) is 6.44. The van der Waals surface area contributed by atoms with Crippen LogP contribution in [0.1, 0.15) is 22.8 Å². The lowest BCUT2D eigenvalue weighted by molar-refractivity contribution is 0.0950. The van der Waals surface area contributed by atoms with Crippen LogP contribution in [0, 0.1) is 5.82 Å². The van der Waals surface area contributed by atoms with Crippen LogP contribution in [-0.4, -0.2) is 11.8 Å². The van der Waals surface area contributed by atoms with Crippen LogP contribution in [-0.2, 0) is 6.54 Å². The molecule has 0 radical (unpaired) electrons. The summed E-state index contributed by atoms with van der Waals surface area (Å²) >= 11 is 0. The standard InChI is InChI=1S/C16H17FN2O/c1-11(16(20)13-4-8-15(18)9-5-13)19-10-12-2-6-14(17)7-3-12/h2-9,11,19H,10,18H2,1H3. The third-order valence-electron chi connectivity index (χ3n) is 3.11. The van der Waals surface area contributed by atoms with E-state index in [0.717, 1.165) is 5.56 Å². The molecular weight excluding hydrogens is 255 g/mol. The molecule has 0 aromatic heterocycles. The van der Waals surface area contributed by atoms with Crippen molar-refractivity contribution in [2.75, 3.05) is 5.73 Å². The van der Waals surface area contributed by atoms with Gasteiger partial charge in [-0.15, -0.1) is 0 Å². The fourth-order valence-corrected chi connectivity index (χ4v) is 1.86. The molecule has 0 aliphatic heterocycles. The highest BCUT2D eigenvalue weighted by Gasteiger charge is 2.14. The van der Waals surface area contributed by atoms with E-state index in [1.165, 1.54) is 12.1 Å². The second-order valence-electron chi connectivity index (χ2n) is 4.72. The van der Waals surface area contributed by atoms with Gasteiger partial charge in [0.15, 0.2) is 5.78 Å². The van der Waals surface area contributed by atoms with Crippen LogP contribution in [0.15, 0.2) is 48.5 Å². The SMILES string of the molecule is CC(NCc1ccc(F)cc1)C(=O)c1ccc(N)cc1. The molecule has 104 valence electrons. The Morgan fingerprint density at radius 3 is 2.35 bits per heavy atom. The quantitative estimate of drug-likeness (QED) is 0.650. The van der Waals surface area contributed by atoms with Crippen LogP contribution in [0.2, 0.25) is 0 Å². The zero-order chi connectivity index (χ0) is 14.5. The summed E-state index contributed by atoms with van der Waals surface area (Å²) in [6.07, 6.45) is 0. The summed E-state index contributed by atoms with van der Waals surface area (Å²) in [5.41, 5.74) is 7.78. The van der Waals surface area contributed by atoms with Crippen molar-refractivity contribution in [2.45, 2.75) is 19.5 Å². The minimum Gasteiger partial charge on any atom is -0.399 e. The van der Waals surface area contributed by atoms with Crippen LogP contribution < -0.4 is 11.1 Å². The van der Waals surface area contributed by atoms with Crippen molar-refractivity contribution in [3.8, 4) is 0 Å². The first kappa shape index (κ1) is 14.2. The monoisotopic (exact) mass is 272 g/mol. The Labute approximate surface area is 117 Å². The lowest BCUT2D eigenvalue weighted by Crippen LogP contribution is -2.33. The molecule has 0 bridgehead atoms. The largest absolute Gasteiger partial charge is 0.399 e. The van der Waals surface area contributed by atoms with E-state index in [0.29, 0.717) is 17.8 Å². The Bertz CT molecular complexity index is 578. The van der Waals surface area contributed by atoms with Gasteiger partial charge in [-0.2, -0.15) is 0 Å². The van der Waals surface area contributed by atoms with Gasteiger partial charge in [0.25, 0.3) is 0 Å². The van der Waals surface area contributed by atoms with Crippen LogP contribution in [0.25, 0.3) is 0 Å². The summed E-state index contributed by atoms with van der Waals surface area (Å²) in [6, 6.07) is 12.7. The zero-order valence-corrected chi connectivity index (χ0v) is 11.3. The predicted molar refractivity (Wildman–Crippen MR) is 77.9 cm³/mol. The Hall–Kier alpha value is -2.20. The van der Waals surface area contributed by atoms with Gasteiger partial charge in [-0.25, -0.2) is 4.39 Å². The molecular formula is C16H17FN2O. The van der Waals surface area contributed by atoms with Gasteiger partial charge in [0.05, 0.1) is 6.04 Å². The Morgan fingerprint density at radius 2 is 1.75 bits per heavy atom. The van der Waals surface area contributed by atoms with Gasteiger partial charge >= 0.3 is 0 Å². The number of rotatable bonds is 5. The average molecular weight is 272 g/mol. The molecule has 0 fully saturated rings. The van der Waals surface area contributed by atoms with Crippen molar-refractivity contribution < 1.29 is 9.18 Å². The number of hydrogen-bond acceptors (Lipinski definition) is 3. The Balaban J connectivity index is 1.94. The molecule has 3 nitrogen and oxygen atoms in total.